The van der Waals surface area contributed by atoms with Crippen molar-refractivity contribution in [2.75, 3.05) is 32.8 Å². The van der Waals surface area contributed by atoms with Crippen molar-refractivity contribution in [2.45, 2.75) is 19.4 Å². The molecule has 0 spiro atoms. The van der Waals surface area contributed by atoms with Crippen LogP contribution in [0.2, 0.25) is 0 Å². The molecular formula is C10H17N3O2. The topological polar surface area (TPSA) is 65.4 Å². The zero-order valence-corrected chi connectivity index (χ0v) is 9.03. The molecule has 0 bridgehead atoms. The zero-order chi connectivity index (χ0) is 11.1. The van der Waals surface area contributed by atoms with E-state index in [1.165, 1.54) is 0 Å². The largest absolute Gasteiger partial charge is 0.360 e. The van der Waals surface area contributed by atoms with Gasteiger partial charge in [0, 0.05) is 6.54 Å². The maximum atomic E-state index is 11.6. The molecule has 1 amide bonds. The highest BCUT2D eigenvalue weighted by atomic mass is 16.5. The molecule has 0 saturated carbocycles. The Bertz CT molecular complexity index is 250. The molecule has 1 saturated heterocycles. The summed E-state index contributed by atoms with van der Waals surface area (Å²) in [6, 6.07) is 2.02. The maximum Gasteiger partial charge on any atom is 0.236 e. The van der Waals surface area contributed by atoms with Gasteiger partial charge in [-0.25, -0.2) is 0 Å². The molecule has 1 aliphatic heterocycles. The number of nitrogens with zero attached hydrogens (tertiary/aromatic N) is 2. The van der Waals surface area contributed by atoms with Crippen molar-refractivity contribution in [3.05, 3.63) is 0 Å². The van der Waals surface area contributed by atoms with Gasteiger partial charge in [-0.3, -0.25) is 4.79 Å². The van der Waals surface area contributed by atoms with Crippen LogP contribution in [0.1, 0.15) is 13.3 Å². The average molecular weight is 211 g/mol. The number of amides is 1. The molecule has 1 atom stereocenters. The normalized spacial score (nSPS) is 21.1. The summed E-state index contributed by atoms with van der Waals surface area (Å²) in [7, 11) is 0. The fourth-order valence-electron chi connectivity index (χ4n) is 1.44. The average Bonchev–Trinajstić information content (AvgIpc) is 2.29. The van der Waals surface area contributed by atoms with Gasteiger partial charge in [0.2, 0.25) is 5.91 Å². The van der Waals surface area contributed by atoms with Crippen molar-refractivity contribution in [2.24, 2.45) is 0 Å². The first kappa shape index (κ1) is 12.0. The second-order valence-corrected chi connectivity index (χ2v) is 3.51. The summed E-state index contributed by atoms with van der Waals surface area (Å²) in [5, 5.41) is 11.7. The lowest BCUT2D eigenvalue weighted by Gasteiger charge is -2.29. The Kier molecular flexibility index (Phi) is 5.08. The monoisotopic (exact) mass is 211 g/mol. The molecule has 1 rings (SSSR count). The Hall–Kier alpha value is -1.12. The first-order valence-electron chi connectivity index (χ1n) is 5.27. The molecule has 84 valence electrons. The van der Waals surface area contributed by atoms with E-state index in [2.05, 4.69) is 12.2 Å². The summed E-state index contributed by atoms with van der Waals surface area (Å²) >= 11 is 0. The lowest BCUT2D eigenvalue weighted by atomic mass is 10.3. The van der Waals surface area contributed by atoms with Gasteiger partial charge in [-0.1, -0.05) is 6.92 Å². The Labute approximate surface area is 90.0 Å². The Balaban J connectivity index is 2.29. The van der Waals surface area contributed by atoms with Crippen molar-refractivity contribution in [1.82, 2.24) is 10.2 Å². The number of nitriles is 1. The van der Waals surface area contributed by atoms with Gasteiger partial charge >= 0.3 is 0 Å². The van der Waals surface area contributed by atoms with Crippen LogP contribution in [0, 0.1) is 11.3 Å². The molecule has 1 unspecified atom stereocenters. The van der Waals surface area contributed by atoms with E-state index in [-0.39, 0.29) is 5.91 Å². The van der Waals surface area contributed by atoms with Crippen LogP contribution >= 0.6 is 0 Å². The van der Waals surface area contributed by atoms with Crippen LogP contribution in [0.15, 0.2) is 0 Å². The van der Waals surface area contributed by atoms with Crippen LogP contribution in [0.5, 0.6) is 0 Å². The van der Waals surface area contributed by atoms with E-state index >= 15 is 0 Å². The van der Waals surface area contributed by atoms with Gasteiger partial charge in [0.1, 0.15) is 0 Å². The van der Waals surface area contributed by atoms with E-state index in [0.29, 0.717) is 26.2 Å². The second kappa shape index (κ2) is 6.38. The number of nitrogens with one attached hydrogen (secondary N) is 1. The van der Waals surface area contributed by atoms with E-state index < -0.39 is 6.10 Å². The lowest BCUT2D eigenvalue weighted by molar-refractivity contribution is -0.136. The number of ether oxygens (including phenoxy) is 1. The summed E-state index contributed by atoms with van der Waals surface area (Å²) in [5.74, 6) is 0.0481. The molecule has 5 heteroatoms. The van der Waals surface area contributed by atoms with Crippen molar-refractivity contribution in [1.29, 1.82) is 5.26 Å². The van der Waals surface area contributed by atoms with Gasteiger partial charge < -0.3 is 15.0 Å². The SMILES string of the molecule is CCCNCC(=O)N1CCOC(C#N)C1. The molecule has 1 N–H and O–H groups in total. The zero-order valence-electron chi connectivity index (χ0n) is 9.03. The van der Waals surface area contributed by atoms with Crippen molar-refractivity contribution < 1.29 is 9.53 Å². The molecule has 0 aromatic heterocycles. The van der Waals surface area contributed by atoms with Crippen LogP contribution in [0.25, 0.3) is 0 Å². The highest BCUT2D eigenvalue weighted by Crippen LogP contribution is 2.03. The molecule has 0 radical (unpaired) electrons. The Morgan fingerprint density at radius 3 is 3.20 bits per heavy atom. The number of morpholine rings is 1. The number of carbonyl (C=O) groups excluding carboxylic acids is 1. The van der Waals surface area contributed by atoms with E-state index in [0.717, 1.165) is 13.0 Å². The van der Waals surface area contributed by atoms with Gasteiger partial charge in [0.15, 0.2) is 6.10 Å². The molecular weight excluding hydrogens is 194 g/mol. The molecule has 0 aromatic rings. The maximum absolute atomic E-state index is 11.6. The van der Waals surface area contributed by atoms with Crippen LogP contribution < -0.4 is 5.32 Å². The number of hydrogen-bond donors (Lipinski definition) is 1. The van der Waals surface area contributed by atoms with Gasteiger partial charge in [-0.15, -0.1) is 0 Å². The van der Waals surface area contributed by atoms with Crippen LogP contribution in [-0.4, -0.2) is 49.7 Å². The fourth-order valence-corrected chi connectivity index (χ4v) is 1.44. The summed E-state index contributed by atoms with van der Waals surface area (Å²) in [6.45, 7) is 4.69. The minimum absolute atomic E-state index is 0.0481. The van der Waals surface area contributed by atoms with Crippen LogP contribution in [-0.2, 0) is 9.53 Å². The molecule has 1 fully saturated rings. The predicted octanol–water partition coefficient (Wildman–Crippen LogP) is -0.263. The standard InChI is InChI=1S/C10H17N3O2/c1-2-3-12-7-10(14)13-4-5-15-9(6-11)8-13/h9,12H,2-5,7-8H2,1H3. The molecule has 15 heavy (non-hydrogen) atoms. The van der Waals surface area contributed by atoms with Crippen molar-refractivity contribution in [3.63, 3.8) is 0 Å². The lowest BCUT2D eigenvalue weighted by Crippen LogP contribution is -2.48. The summed E-state index contributed by atoms with van der Waals surface area (Å²) in [4.78, 5) is 13.3. The quantitative estimate of drug-likeness (QED) is 0.650. The Morgan fingerprint density at radius 1 is 1.73 bits per heavy atom. The van der Waals surface area contributed by atoms with Crippen molar-refractivity contribution in [3.8, 4) is 6.07 Å². The molecule has 1 heterocycles. The molecule has 0 aliphatic carbocycles. The highest BCUT2D eigenvalue weighted by molar-refractivity contribution is 5.78. The number of rotatable bonds is 4. The van der Waals surface area contributed by atoms with Crippen molar-refractivity contribution >= 4 is 5.91 Å². The first-order valence-corrected chi connectivity index (χ1v) is 5.27. The van der Waals surface area contributed by atoms with E-state index in [1.807, 2.05) is 6.07 Å². The second-order valence-electron chi connectivity index (χ2n) is 3.51. The highest BCUT2D eigenvalue weighted by Gasteiger charge is 2.23. The molecule has 1 aliphatic rings. The predicted molar refractivity (Wildman–Crippen MR) is 55.1 cm³/mol. The Morgan fingerprint density at radius 2 is 2.53 bits per heavy atom. The minimum atomic E-state index is -0.464. The van der Waals surface area contributed by atoms with E-state index in [9.17, 15) is 4.79 Å². The molecule has 5 nitrogen and oxygen atoms in total. The smallest absolute Gasteiger partial charge is 0.236 e. The molecule has 0 aromatic carbocycles. The van der Waals surface area contributed by atoms with E-state index in [1.54, 1.807) is 4.90 Å². The third kappa shape index (κ3) is 3.86. The third-order valence-electron chi connectivity index (χ3n) is 2.27. The van der Waals surface area contributed by atoms with Gasteiger partial charge in [-0.05, 0) is 13.0 Å². The van der Waals surface area contributed by atoms with Crippen LogP contribution in [0.3, 0.4) is 0 Å². The fraction of sp³-hybridized carbons (Fsp3) is 0.800. The number of hydrogen-bond acceptors (Lipinski definition) is 4. The van der Waals surface area contributed by atoms with Gasteiger partial charge in [0.25, 0.3) is 0 Å². The van der Waals surface area contributed by atoms with Crippen LogP contribution in [0.4, 0.5) is 0 Å². The summed E-state index contributed by atoms with van der Waals surface area (Å²) in [6.07, 6.45) is 0.547. The van der Waals surface area contributed by atoms with E-state index in [4.69, 9.17) is 10.00 Å². The minimum Gasteiger partial charge on any atom is -0.360 e. The third-order valence-corrected chi connectivity index (χ3v) is 2.27. The first-order chi connectivity index (χ1) is 7.27. The summed E-state index contributed by atoms with van der Waals surface area (Å²) < 4.78 is 5.16. The van der Waals surface area contributed by atoms with Gasteiger partial charge in [0.05, 0.1) is 25.8 Å². The van der Waals surface area contributed by atoms with Gasteiger partial charge in [-0.2, -0.15) is 5.26 Å². The summed E-state index contributed by atoms with van der Waals surface area (Å²) in [5.41, 5.74) is 0. The number of carbonyl (C=O) groups is 1.